The molecule has 6 nitrogen and oxygen atoms in total. The number of likely N-dealkylation sites (tertiary alicyclic amines) is 1. The number of methoxy groups -OCH3 is 1. The van der Waals surface area contributed by atoms with E-state index >= 15 is 0 Å². The first-order valence-electron chi connectivity index (χ1n) is 8.47. The van der Waals surface area contributed by atoms with E-state index < -0.39 is 17.8 Å². The number of hydrogen-bond donors (Lipinski definition) is 1. The molecule has 1 aromatic carbocycles. The van der Waals surface area contributed by atoms with Crippen molar-refractivity contribution in [3.8, 4) is 5.75 Å². The van der Waals surface area contributed by atoms with Gasteiger partial charge in [-0.1, -0.05) is 6.07 Å². The summed E-state index contributed by atoms with van der Waals surface area (Å²) in [5.74, 6) is 0.323. The summed E-state index contributed by atoms with van der Waals surface area (Å²) in [4.78, 5) is 25.3. The van der Waals surface area contributed by atoms with Gasteiger partial charge in [0, 0.05) is 12.5 Å². The number of amides is 1. The van der Waals surface area contributed by atoms with Gasteiger partial charge in [0.1, 0.15) is 11.4 Å². The first-order chi connectivity index (χ1) is 11.6. The number of hydrogen-bond acceptors (Lipinski definition) is 5. The number of carbonyl (C=O) groups excluding carboxylic acids is 2. The van der Waals surface area contributed by atoms with Crippen molar-refractivity contribution in [2.24, 2.45) is 0 Å². The van der Waals surface area contributed by atoms with Crippen LogP contribution in [0.4, 0.5) is 4.79 Å². The summed E-state index contributed by atoms with van der Waals surface area (Å²) in [6.45, 7) is 7.67. The van der Waals surface area contributed by atoms with Crippen LogP contribution in [0.25, 0.3) is 0 Å². The predicted molar refractivity (Wildman–Crippen MR) is 94.2 cm³/mol. The quantitative estimate of drug-likeness (QED) is 0.849. The Labute approximate surface area is 148 Å². The second kappa shape index (κ2) is 7.44. The van der Waals surface area contributed by atoms with Gasteiger partial charge in [0.15, 0.2) is 5.78 Å². The Hall–Kier alpha value is -2.08. The maximum absolute atomic E-state index is 12.2. The van der Waals surface area contributed by atoms with Gasteiger partial charge >= 0.3 is 6.09 Å². The van der Waals surface area contributed by atoms with Crippen LogP contribution in [0.3, 0.4) is 0 Å². The molecule has 1 heterocycles. The zero-order valence-electron chi connectivity index (χ0n) is 15.5. The third-order valence-electron chi connectivity index (χ3n) is 4.27. The normalized spacial score (nSPS) is 21.0. The molecule has 1 saturated heterocycles. The smallest absolute Gasteiger partial charge is 0.410 e. The molecule has 0 spiro atoms. The van der Waals surface area contributed by atoms with E-state index in [4.69, 9.17) is 9.47 Å². The van der Waals surface area contributed by atoms with Crippen LogP contribution in [0.1, 0.15) is 56.0 Å². The van der Waals surface area contributed by atoms with Gasteiger partial charge in [-0.25, -0.2) is 4.79 Å². The van der Waals surface area contributed by atoms with Crippen molar-refractivity contribution in [3.63, 3.8) is 0 Å². The molecule has 2 unspecified atom stereocenters. The summed E-state index contributed by atoms with van der Waals surface area (Å²) in [5, 5.41) is 10.5. The summed E-state index contributed by atoms with van der Waals surface area (Å²) in [6.07, 6.45) is -0.494. The van der Waals surface area contributed by atoms with Gasteiger partial charge in [-0.05, 0) is 51.8 Å². The van der Waals surface area contributed by atoms with Crippen LogP contribution in [0, 0.1) is 0 Å². The van der Waals surface area contributed by atoms with E-state index in [1.165, 1.54) is 18.9 Å². The van der Waals surface area contributed by atoms with Gasteiger partial charge in [-0.15, -0.1) is 0 Å². The largest absolute Gasteiger partial charge is 0.496 e. The van der Waals surface area contributed by atoms with Crippen LogP contribution in [0.5, 0.6) is 5.75 Å². The number of benzene rings is 1. The van der Waals surface area contributed by atoms with Crippen LogP contribution in [0.2, 0.25) is 0 Å². The van der Waals surface area contributed by atoms with Crippen molar-refractivity contribution in [1.29, 1.82) is 0 Å². The maximum atomic E-state index is 12.2. The average Bonchev–Trinajstić information content (AvgIpc) is 2.52. The molecule has 0 bridgehead atoms. The molecule has 1 fully saturated rings. The molecule has 1 aromatic rings. The third-order valence-corrected chi connectivity index (χ3v) is 4.27. The van der Waals surface area contributed by atoms with Crippen LogP contribution in [-0.2, 0) is 4.74 Å². The van der Waals surface area contributed by atoms with Gasteiger partial charge in [-0.2, -0.15) is 0 Å². The minimum Gasteiger partial charge on any atom is -0.496 e. The standard InChI is InChI=1S/C19H27NO5/c1-12(21)14-7-6-13(10-17(14)24-5)15-8-9-20(11-16(15)22)18(23)25-19(2,3)4/h6-7,10,15-16,22H,8-9,11H2,1-5H3. The lowest BCUT2D eigenvalue weighted by molar-refractivity contribution is -0.00154. The molecule has 0 aliphatic carbocycles. The van der Waals surface area contributed by atoms with E-state index in [9.17, 15) is 14.7 Å². The molecule has 1 aliphatic heterocycles. The summed E-state index contributed by atoms with van der Waals surface area (Å²) in [6, 6.07) is 5.37. The van der Waals surface area contributed by atoms with Crippen LogP contribution < -0.4 is 4.74 Å². The van der Waals surface area contributed by atoms with Crippen molar-refractivity contribution in [1.82, 2.24) is 4.90 Å². The number of aliphatic hydroxyl groups excluding tert-OH is 1. The first-order valence-corrected chi connectivity index (χ1v) is 8.47. The summed E-state index contributed by atoms with van der Waals surface area (Å²) in [5.41, 5.74) is 0.861. The van der Waals surface area contributed by atoms with E-state index in [-0.39, 0.29) is 18.2 Å². The third kappa shape index (κ3) is 4.72. The van der Waals surface area contributed by atoms with Crippen molar-refractivity contribution in [3.05, 3.63) is 29.3 Å². The number of piperidine rings is 1. The lowest BCUT2D eigenvalue weighted by Gasteiger charge is -2.37. The van der Waals surface area contributed by atoms with Gasteiger partial charge < -0.3 is 19.5 Å². The van der Waals surface area contributed by atoms with E-state index in [0.717, 1.165) is 5.56 Å². The lowest BCUT2D eigenvalue weighted by Crippen LogP contribution is -2.47. The molecule has 1 amide bonds. The molecule has 2 atom stereocenters. The van der Waals surface area contributed by atoms with Crippen LogP contribution in [0.15, 0.2) is 18.2 Å². The van der Waals surface area contributed by atoms with Gasteiger partial charge in [0.2, 0.25) is 0 Å². The van der Waals surface area contributed by atoms with Crippen molar-refractivity contribution in [2.75, 3.05) is 20.2 Å². The van der Waals surface area contributed by atoms with E-state index in [0.29, 0.717) is 24.3 Å². The molecule has 0 aromatic heterocycles. The minimum atomic E-state index is -0.700. The van der Waals surface area contributed by atoms with Crippen LogP contribution >= 0.6 is 0 Å². The monoisotopic (exact) mass is 349 g/mol. The molecule has 25 heavy (non-hydrogen) atoms. The van der Waals surface area contributed by atoms with Gasteiger partial charge in [0.05, 0.1) is 25.3 Å². The Morgan fingerprint density at radius 2 is 1.96 bits per heavy atom. The van der Waals surface area contributed by atoms with E-state index in [2.05, 4.69) is 0 Å². The van der Waals surface area contributed by atoms with E-state index in [1.54, 1.807) is 12.1 Å². The summed E-state index contributed by atoms with van der Waals surface area (Å²) in [7, 11) is 1.52. The molecular formula is C19H27NO5. The van der Waals surface area contributed by atoms with E-state index in [1.807, 2.05) is 26.8 Å². The molecule has 0 radical (unpaired) electrons. The summed E-state index contributed by atoms with van der Waals surface area (Å²) >= 11 is 0. The number of nitrogens with zero attached hydrogens (tertiary/aromatic N) is 1. The van der Waals surface area contributed by atoms with Crippen molar-refractivity contribution >= 4 is 11.9 Å². The molecule has 1 aliphatic rings. The second-order valence-electron chi connectivity index (χ2n) is 7.40. The highest BCUT2D eigenvalue weighted by atomic mass is 16.6. The summed E-state index contributed by atoms with van der Waals surface area (Å²) < 4.78 is 10.7. The van der Waals surface area contributed by atoms with Crippen molar-refractivity contribution in [2.45, 2.75) is 51.7 Å². The van der Waals surface area contributed by atoms with Crippen molar-refractivity contribution < 1.29 is 24.2 Å². The molecular weight excluding hydrogens is 322 g/mol. The van der Waals surface area contributed by atoms with Gasteiger partial charge in [-0.3, -0.25) is 4.79 Å². The number of β-amino-alcohol motifs (C(OH)–C–C–N with tert-alkyl or cyclic N) is 1. The van der Waals surface area contributed by atoms with Gasteiger partial charge in [0.25, 0.3) is 0 Å². The predicted octanol–water partition coefficient (Wildman–Crippen LogP) is 2.98. The second-order valence-corrected chi connectivity index (χ2v) is 7.40. The highest BCUT2D eigenvalue weighted by Crippen LogP contribution is 2.32. The molecule has 6 heteroatoms. The molecule has 2 rings (SSSR count). The molecule has 0 saturated carbocycles. The maximum Gasteiger partial charge on any atom is 0.410 e. The number of carbonyl (C=O) groups is 2. The Balaban J connectivity index is 2.11. The topological polar surface area (TPSA) is 76.1 Å². The fourth-order valence-corrected chi connectivity index (χ4v) is 3.04. The number of ketones is 1. The Bertz CT molecular complexity index is 650. The Kier molecular flexibility index (Phi) is 5.72. The van der Waals surface area contributed by atoms with Crippen LogP contribution in [-0.4, -0.2) is 53.8 Å². The molecule has 1 N–H and O–H groups in total. The zero-order chi connectivity index (χ0) is 18.8. The number of Topliss-reactive ketones (excluding diaryl/α,β-unsaturated/α-hetero) is 1. The highest BCUT2D eigenvalue weighted by Gasteiger charge is 2.33. The number of aliphatic hydroxyl groups is 1. The average molecular weight is 349 g/mol. The lowest BCUT2D eigenvalue weighted by atomic mass is 9.86. The fraction of sp³-hybridized carbons (Fsp3) is 0.579. The minimum absolute atomic E-state index is 0.0660. The fourth-order valence-electron chi connectivity index (χ4n) is 3.04. The Morgan fingerprint density at radius 3 is 2.48 bits per heavy atom. The Morgan fingerprint density at radius 1 is 1.28 bits per heavy atom. The molecule has 138 valence electrons. The highest BCUT2D eigenvalue weighted by molar-refractivity contribution is 5.96. The number of rotatable bonds is 3. The SMILES string of the molecule is COc1cc(C2CCN(C(=O)OC(C)(C)C)CC2O)ccc1C(C)=O. The zero-order valence-corrected chi connectivity index (χ0v) is 15.5. The number of ether oxygens (including phenoxy) is 2. The first kappa shape index (κ1) is 19.2.